The number of nitrogens with zero attached hydrogens (tertiary/aromatic N) is 2. The van der Waals surface area contributed by atoms with Gasteiger partial charge in [0.15, 0.2) is 0 Å². The Morgan fingerprint density at radius 2 is 1.74 bits per heavy atom. The second kappa shape index (κ2) is 10.3. The maximum Gasteiger partial charge on any atom is 0.240 e. The lowest BCUT2D eigenvalue weighted by atomic mass is 9.87. The molecule has 2 heterocycles. The number of piperazine rings is 1. The fourth-order valence-corrected chi connectivity index (χ4v) is 5.34. The van der Waals surface area contributed by atoms with Gasteiger partial charge in [0.2, 0.25) is 15.9 Å². The van der Waals surface area contributed by atoms with Crippen molar-refractivity contribution >= 4 is 27.3 Å². The summed E-state index contributed by atoms with van der Waals surface area (Å²) in [5.74, 6) is 0.00341. The molecular formula is C23H33N3O3S2. The fraction of sp³-hybridized carbons (Fsp3) is 0.522. The predicted molar refractivity (Wildman–Crippen MR) is 126 cm³/mol. The Hall–Kier alpha value is -1.74. The number of amides is 1. The van der Waals surface area contributed by atoms with E-state index in [-0.39, 0.29) is 29.2 Å². The average Bonchev–Trinajstić information content (AvgIpc) is 3.25. The summed E-state index contributed by atoms with van der Waals surface area (Å²) in [6.07, 6.45) is 1.22. The Bertz CT molecular complexity index is 941. The van der Waals surface area contributed by atoms with Crippen LogP contribution in [0.1, 0.15) is 37.6 Å². The van der Waals surface area contributed by atoms with Crippen LogP contribution in [0.15, 0.2) is 46.7 Å². The Balaban J connectivity index is 1.40. The summed E-state index contributed by atoms with van der Waals surface area (Å²) in [6, 6.07) is 11.2. The summed E-state index contributed by atoms with van der Waals surface area (Å²) in [5, 5.41) is 2.10. The monoisotopic (exact) mass is 463 g/mol. The van der Waals surface area contributed by atoms with Crippen molar-refractivity contribution in [2.75, 3.05) is 39.3 Å². The van der Waals surface area contributed by atoms with Gasteiger partial charge in [-0.2, -0.15) is 0 Å². The lowest BCUT2D eigenvalue weighted by Gasteiger charge is -2.34. The molecule has 31 heavy (non-hydrogen) atoms. The SMILES string of the molecule is CC(C)(C)c1ccc(S(=O)(=O)NCCC(=O)N2CCN(CCc3cccs3)CC2)cc1. The smallest absolute Gasteiger partial charge is 0.240 e. The topological polar surface area (TPSA) is 69.7 Å². The maximum absolute atomic E-state index is 12.5. The van der Waals surface area contributed by atoms with E-state index in [4.69, 9.17) is 0 Å². The van der Waals surface area contributed by atoms with Crippen molar-refractivity contribution in [1.82, 2.24) is 14.5 Å². The minimum atomic E-state index is -3.61. The van der Waals surface area contributed by atoms with Gasteiger partial charge in [0.25, 0.3) is 0 Å². The van der Waals surface area contributed by atoms with E-state index in [1.165, 1.54) is 4.88 Å². The summed E-state index contributed by atoms with van der Waals surface area (Å²) in [7, 11) is -3.61. The van der Waals surface area contributed by atoms with E-state index in [0.29, 0.717) is 13.1 Å². The van der Waals surface area contributed by atoms with Gasteiger partial charge in [-0.15, -0.1) is 11.3 Å². The number of sulfonamides is 1. The van der Waals surface area contributed by atoms with E-state index in [1.54, 1.807) is 23.5 Å². The molecule has 1 N–H and O–H groups in total. The van der Waals surface area contributed by atoms with E-state index in [0.717, 1.165) is 31.6 Å². The molecule has 0 unspecified atom stereocenters. The van der Waals surface area contributed by atoms with Crippen molar-refractivity contribution in [3.05, 3.63) is 52.2 Å². The standard InChI is InChI=1S/C23H33N3O3S2/c1-23(2,3)19-6-8-21(9-7-19)31(28,29)24-12-10-22(27)26-16-14-25(15-17-26)13-11-20-5-4-18-30-20/h4-9,18,24H,10-17H2,1-3H3. The lowest BCUT2D eigenvalue weighted by Crippen LogP contribution is -2.49. The molecule has 8 heteroatoms. The van der Waals surface area contributed by atoms with Crippen LogP contribution in [0.5, 0.6) is 0 Å². The number of carbonyl (C=O) groups is 1. The third-order valence-electron chi connectivity index (χ3n) is 5.64. The van der Waals surface area contributed by atoms with E-state index in [1.807, 2.05) is 17.0 Å². The van der Waals surface area contributed by atoms with E-state index in [9.17, 15) is 13.2 Å². The number of carbonyl (C=O) groups excluding carboxylic acids is 1. The number of rotatable bonds is 8. The molecule has 2 aromatic rings. The summed E-state index contributed by atoms with van der Waals surface area (Å²) < 4.78 is 27.6. The van der Waals surface area contributed by atoms with Crippen molar-refractivity contribution in [2.24, 2.45) is 0 Å². The Kier molecular flexibility index (Phi) is 7.91. The lowest BCUT2D eigenvalue weighted by molar-refractivity contribution is -0.132. The Morgan fingerprint density at radius 3 is 2.32 bits per heavy atom. The van der Waals surface area contributed by atoms with Crippen molar-refractivity contribution < 1.29 is 13.2 Å². The molecule has 1 saturated heterocycles. The van der Waals surface area contributed by atoms with Gasteiger partial charge in [-0.3, -0.25) is 9.69 Å². The largest absolute Gasteiger partial charge is 0.340 e. The molecule has 1 aliphatic rings. The second-order valence-electron chi connectivity index (χ2n) is 8.97. The minimum absolute atomic E-state index is 0.00341. The van der Waals surface area contributed by atoms with Crippen molar-refractivity contribution in [2.45, 2.75) is 43.9 Å². The molecule has 6 nitrogen and oxygen atoms in total. The van der Waals surface area contributed by atoms with Gasteiger partial charge < -0.3 is 4.90 Å². The molecular weight excluding hydrogens is 430 g/mol. The van der Waals surface area contributed by atoms with Gasteiger partial charge in [-0.1, -0.05) is 39.0 Å². The summed E-state index contributed by atoms with van der Waals surface area (Å²) in [5.41, 5.74) is 1.05. The highest BCUT2D eigenvalue weighted by Crippen LogP contribution is 2.23. The van der Waals surface area contributed by atoms with Crippen molar-refractivity contribution in [3.8, 4) is 0 Å². The van der Waals surface area contributed by atoms with Crippen LogP contribution in [0.25, 0.3) is 0 Å². The second-order valence-corrected chi connectivity index (χ2v) is 11.8. The number of nitrogens with one attached hydrogen (secondary N) is 1. The van der Waals surface area contributed by atoms with Gasteiger partial charge >= 0.3 is 0 Å². The molecule has 1 fully saturated rings. The molecule has 1 amide bonds. The first-order valence-corrected chi connectivity index (χ1v) is 13.1. The predicted octanol–water partition coefficient (Wildman–Crippen LogP) is 3.10. The molecule has 0 aliphatic carbocycles. The molecule has 0 spiro atoms. The van der Waals surface area contributed by atoms with Crippen molar-refractivity contribution in [1.29, 1.82) is 0 Å². The number of hydrogen-bond donors (Lipinski definition) is 1. The average molecular weight is 464 g/mol. The first kappa shape index (κ1) is 23.9. The van der Waals surface area contributed by atoms with Crippen LogP contribution in [0, 0.1) is 0 Å². The van der Waals surface area contributed by atoms with Crippen LogP contribution in [-0.4, -0.2) is 63.4 Å². The number of thiophene rings is 1. The summed E-state index contributed by atoms with van der Waals surface area (Å²) in [4.78, 5) is 18.3. The highest BCUT2D eigenvalue weighted by atomic mass is 32.2. The minimum Gasteiger partial charge on any atom is -0.340 e. The van der Waals surface area contributed by atoms with E-state index >= 15 is 0 Å². The zero-order valence-electron chi connectivity index (χ0n) is 18.6. The highest BCUT2D eigenvalue weighted by Gasteiger charge is 2.22. The molecule has 0 atom stereocenters. The fourth-order valence-electron chi connectivity index (χ4n) is 3.61. The highest BCUT2D eigenvalue weighted by molar-refractivity contribution is 7.89. The Morgan fingerprint density at radius 1 is 1.06 bits per heavy atom. The third-order valence-corrected chi connectivity index (χ3v) is 8.05. The normalized spacial score (nSPS) is 15.9. The van der Waals surface area contributed by atoms with Crippen LogP contribution in [0.4, 0.5) is 0 Å². The molecule has 1 aromatic carbocycles. The van der Waals surface area contributed by atoms with Crippen LogP contribution in [0.2, 0.25) is 0 Å². The molecule has 1 aliphatic heterocycles. The molecule has 1 aromatic heterocycles. The molecule has 170 valence electrons. The van der Waals surface area contributed by atoms with Gasteiger partial charge in [-0.25, -0.2) is 13.1 Å². The van der Waals surface area contributed by atoms with Gasteiger partial charge in [-0.05, 0) is 41.0 Å². The zero-order valence-corrected chi connectivity index (χ0v) is 20.3. The van der Waals surface area contributed by atoms with Crippen LogP contribution >= 0.6 is 11.3 Å². The van der Waals surface area contributed by atoms with Crippen LogP contribution in [-0.2, 0) is 26.7 Å². The molecule has 0 radical (unpaired) electrons. The maximum atomic E-state index is 12.5. The zero-order chi connectivity index (χ0) is 22.5. The van der Waals surface area contributed by atoms with Crippen molar-refractivity contribution in [3.63, 3.8) is 0 Å². The summed E-state index contributed by atoms with van der Waals surface area (Å²) in [6.45, 7) is 10.5. The van der Waals surface area contributed by atoms with Gasteiger partial charge in [0.05, 0.1) is 4.90 Å². The first-order valence-electron chi connectivity index (χ1n) is 10.8. The van der Waals surface area contributed by atoms with Crippen LogP contribution < -0.4 is 4.72 Å². The third kappa shape index (κ3) is 6.87. The first-order chi connectivity index (χ1) is 14.6. The number of hydrogen-bond acceptors (Lipinski definition) is 5. The van der Waals surface area contributed by atoms with Crippen LogP contribution in [0.3, 0.4) is 0 Å². The summed E-state index contributed by atoms with van der Waals surface area (Å²) >= 11 is 1.78. The van der Waals surface area contributed by atoms with Gasteiger partial charge in [0, 0.05) is 50.6 Å². The quantitative estimate of drug-likeness (QED) is 0.653. The van der Waals surface area contributed by atoms with E-state index in [2.05, 4.69) is 47.9 Å². The van der Waals surface area contributed by atoms with E-state index < -0.39 is 10.0 Å². The Labute approximate surface area is 190 Å². The van der Waals surface area contributed by atoms with Gasteiger partial charge in [0.1, 0.15) is 0 Å². The molecule has 3 rings (SSSR count). The molecule has 0 bridgehead atoms. The number of benzene rings is 1. The molecule has 0 saturated carbocycles.